The number of carboxylic acids is 1. The van der Waals surface area contributed by atoms with Gasteiger partial charge in [0.25, 0.3) is 0 Å². The number of carbonyl (C=O) groups excluding carboxylic acids is 1. The maximum absolute atomic E-state index is 12.2. The van der Waals surface area contributed by atoms with E-state index in [1.165, 1.54) is 0 Å². The Kier molecular flexibility index (Phi) is 5.45. The molecule has 2 N–H and O–H groups in total. The Bertz CT molecular complexity index is 378. The lowest BCUT2D eigenvalue weighted by molar-refractivity contribution is -0.143. The molecule has 120 valence electrons. The molecule has 21 heavy (non-hydrogen) atoms. The molecule has 2 aliphatic rings. The third-order valence-electron chi connectivity index (χ3n) is 4.39. The summed E-state index contributed by atoms with van der Waals surface area (Å²) in [5.41, 5.74) is 0. The SMILES string of the molecule is CC1CC(CNC(=O)N2CCCC(C(=O)O)C2)CC(C)O1. The molecular formula is C15H26N2O4. The fraction of sp³-hybridized carbons (Fsp3) is 0.867. The molecule has 3 atom stereocenters. The van der Waals surface area contributed by atoms with Crippen molar-refractivity contribution in [2.75, 3.05) is 19.6 Å². The van der Waals surface area contributed by atoms with Crippen molar-refractivity contribution in [1.29, 1.82) is 0 Å². The summed E-state index contributed by atoms with van der Waals surface area (Å²) in [4.78, 5) is 24.8. The number of amides is 2. The fourth-order valence-corrected chi connectivity index (χ4v) is 3.42. The Hall–Kier alpha value is -1.30. The van der Waals surface area contributed by atoms with Crippen molar-refractivity contribution in [1.82, 2.24) is 10.2 Å². The molecule has 0 bridgehead atoms. The first-order chi connectivity index (χ1) is 9.95. The number of urea groups is 1. The molecule has 2 heterocycles. The van der Waals surface area contributed by atoms with E-state index < -0.39 is 11.9 Å². The minimum absolute atomic E-state index is 0.132. The van der Waals surface area contributed by atoms with E-state index in [-0.39, 0.29) is 18.2 Å². The molecule has 0 aliphatic carbocycles. The number of piperidine rings is 1. The molecule has 2 rings (SSSR count). The highest BCUT2D eigenvalue weighted by Crippen LogP contribution is 2.24. The van der Waals surface area contributed by atoms with Crippen molar-refractivity contribution in [3.8, 4) is 0 Å². The van der Waals surface area contributed by atoms with Gasteiger partial charge in [0.2, 0.25) is 0 Å². The number of hydrogen-bond donors (Lipinski definition) is 2. The molecule has 6 nitrogen and oxygen atoms in total. The largest absolute Gasteiger partial charge is 0.481 e. The van der Waals surface area contributed by atoms with Gasteiger partial charge in [0.15, 0.2) is 0 Å². The van der Waals surface area contributed by atoms with Crippen LogP contribution < -0.4 is 5.32 Å². The molecule has 0 spiro atoms. The zero-order valence-electron chi connectivity index (χ0n) is 12.9. The van der Waals surface area contributed by atoms with Crippen LogP contribution in [-0.2, 0) is 9.53 Å². The predicted molar refractivity (Wildman–Crippen MR) is 78.1 cm³/mol. The quantitative estimate of drug-likeness (QED) is 0.831. The smallest absolute Gasteiger partial charge is 0.317 e. The highest BCUT2D eigenvalue weighted by atomic mass is 16.5. The first kappa shape index (κ1) is 16.1. The number of ether oxygens (including phenoxy) is 1. The van der Waals surface area contributed by atoms with Crippen LogP contribution in [0.5, 0.6) is 0 Å². The number of nitrogens with zero attached hydrogens (tertiary/aromatic N) is 1. The van der Waals surface area contributed by atoms with Gasteiger partial charge < -0.3 is 20.1 Å². The fourth-order valence-electron chi connectivity index (χ4n) is 3.42. The van der Waals surface area contributed by atoms with Crippen LogP contribution in [0.1, 0.15) is 39.5 Å². The summed E-state index contributed by atoms with van der Waals surface area (Å²) in [6.07, 6.45) is 3.82. The summed E-state index contributed by atoms with van der Waals surface area (Å²) in [6, 6.07) is -0.132. The van der Waals surface area contributed by atoms with Crippen molar-refractivity contribution in [2.24, 2.45) is 11.8 Å². The topological polar surface area (TPSA) is 78.9 Å². The number of carboxylic acid groups (broad SMARTS) is 1. The van der Waals surface area contributed by atoms with E-state index in [0.29, 0.717) is 32.0 Å². The van der Waals surface area contributed by atoms with Crippen LogP contribution in [0.2, 0.25) is 0 Å². The van der Waals surface area contributed by atoms with Crippen molar-refractivity contribution in [3.05, 3.63) is 0 Å². The number of likely N-dealkylation sites (tertiary alicyclic amines) is 1. The first-order valence-corrected chi connectivity index (χ1v) is 7.86. The summed E-state index contributed by atoms with van der Waals surface area (Å²) in [6.45, 7) is 5.74. The van der Waals surface area contributed by atoms with Gasteiger partial charge in [0.1, 0.15) is 0 Å². The molecule has 0 aromatic heterocycles. The maximum Gasteiger partial charge on any atom is 0.317 e. The van der Waals surface area contributed by atoms with Crippen LogP contribution in [0.3, 0.4) is 0 Å². The van der Waals surface area contributed by atoms with Crippen molar-refractivity contribution >= 4 is 12.0 Å². The zero-order valence-corrected chi connectivity index (χ0v) is 12.9. The molecule has 3 unspecified atom stereocenters. The molecule has 0 aromatic carbocycles. The van der Waals surface area contributed by atoms with Gasteiger partial charge in [-0.2, -0.15) is 0 Å². The van der Waals surface area contributed by atoms with Crippen LogP contribution in [-0.4, -0.2) is 53.8 Å². The number of nitrogens with one attached hydrogen (secondary N) is 1. The van der Waals surface area contributed by atoms with Crippen LogP contribution in [0.4, 0.5) is 4.79 Å². The van der Waals surface area contributed by atoms with E-state index in [1.807, 2.05) is 0 Å². The van der Waals surface area contributed by atoms with E-state index in [1.54, 1.807) is 4.90 Å². The van der Waals surface area contributed by atoms with Crippen LogP contribution in [0.25, 0.3) is 0 Å². The maximum atomic E-state index is 12.2. The minimum atomic E-state index is -0.806. The molecule has 2 saturated heterocycles. The predicted octanol–water partition coefficient (Wildman–Crippen LogP) is 1.70. The number of rotatable bonds is 3. The molecule has 0 aromatic rings. The highest BCUT2D eigenvalue weighted by molar-refractivity contribution is 5.76. The van der Waals surface area contributed by atoms with E-state index in [9.17, 15) is 9.59 Å². The standard InChI is InChI=1S/C15H26N2O4/c1-10-6-12(7-11(2)21-10)8-16-15(20)17-5-3-4-13(9-17)14(18)19/h10-13H,3-9H2,1-2H3,(H,16,20)(H,18,19). The van der Waals surface area contributed by atoms with Gasteiger partial charge in [0, 0.05) is 19.6 Å². The second kappa shape index (κ2) is 7.11. The minimum Gasteiger partial charge on any atom is -0.481 e. The Morgan fingerprint density at radius 1 is 1.29 bits per heavy atom. The summed E-state index contributed by atoms with van der Waals surface area (Å²) < 4.78 is 5.69. The van der Waals surface area contributed by atoms with E-state index in [4.69, 9.17) is 9.84 Å². The third kappa shape index (κ3) is 4.59. The molecule has 2 fully saturated rings. The van der Waals surface area contributed by atoms with Crippen molar-refractivity contribution in [3.63, 3.8) is 0 Å². The molecule has 0 saturated carbocycles. The molecule has 6 heteroatoms. The van der Waals surface area contributed by atoms with Crippen molar-refractivity contribution in [2.45, 2.75) is 51.7 Å². The number of carbonyl (C=O) groups is 2. The van der Waals surface area contributed by atoms with Gasteiger partial charge >= 0.3 is 12.0 Å². The molecule has 2 amide bonds. The lowest BCUT2D eigenvalue weighted by Crippen LogP contribution is -2.48. The lowest BCUT2D eigenvalue weighted by atomic mass is 9.92. The monoisotopic (exact) mass is 298 g/mol. The van der Waals surface area contributed by atoms with Gasteiger partial charge in [-0.15, -0.1) is 0 Å². The van der Waals surface area contributed by atoms with Crippen molar-refractivity contribution < 1.29 is 19.4 Å². The second-order valence-corrected chi connectivity index (χ2v) is 6.40. The zero-order chi connectivity index (χ0) is 15.4. The Labute approximate surface area is 125 Å². The molecule has 2 aliphatic heterocycles. The van der Waals surface area contributed by atoms with E-state index >= 15 is 0 Å². The average molecular weight is 298 g/mol. The summed E-state index contributed by atoms with van der Waals surface area (Å²) >= 11 is 0. The van der Waals surface area contributed by atoms with Crippen LogP contribution in [0.15, 0.2) is 0 Å². The second-order valence-electron chi connectivity index (χ2n) is 6.40. The van der Waals surface area contributed by atoms with E-state index in [2.05, 4.69) is 19.2 Å². The lowest BCUT2D eigenvalue weighted by Gasteiger charge is -2.34. The molecular weight excluding hydrogens is 272 g/mol. The van der Waals surface area contributed by atoms with Crippen LogP contribution >= 0.6 is 0 Å². The number of aliphatic carboxylic acids is 1. The van der Waals surface area contributed by atoms with Gasteiger partial charge in [0.05, 0.1) is 18.1 Å². The Morgan fingerprint density at radius 2 is 1.95 bits per heavy atom. The third-order valence-corrected chi connectivity index (χ3v) is 4.39. The Morgan fingerprint density at radius 3 is 2.57 bits per heavy atom. The van der Waals surface area contributed by atoms with Gasteiger partial charge in [-0.1, -0.05) is 0 Å². The van der Waals surface area contributed by atoms with Gasteiger partial charge in [-0.25, -0.2) is 4.79 Å². The van der Waals surface area contributed by atoms with Crippen LogP contribution in [0, 0.1) is 11.8 Å². The van der Waals surface area contributed by atoms with E-state index in [0.717, 1.165) is 19.3 Å². The molecule has 0 radical (unpaired) electrons. The summed E-state index contributed by atoms with van der Waals surface area (Å²) in [7, 11) is 0. The average Bonchev–Trinajstić information content (AvgIpc) is 2.44. The van der Waals surface area contributed by atoms with Gasteiger partial charge in [-0.3, -0.25) is 4.79 Å². The van der Waals surface area contributed by atoms with Gasteiger partial charge in [-0.05, 0) is 45.4 Å². The first-order valence-electron chi connectivity index (χ1n) is 7.86. The summed E-state index contributed by atoms with van der Waals surface area (Å²) in [5.74, 6) is -0.792. The normalized spacial score (nSPS) is 33.5. The Balaban J connectivity index is 1.77. The summed E-state index contributed by atoms with van der Waals surface area (Å²) in [5, 5.41) is 12.0. The highest BCUT2D eigenvalue weighted by Gasteiger charge is 2.29. The number of hydrogen-bond acceptors (Lipinski definition) is 3.